The van der Waals surface area contributed by atoms with E-state index in [1.165, 1.54) is 33.5 Å². The summed E-state index contributed by atoms with van der Waals surface area (Å²) in [6, 6.07) is 25.6. The molecular weight excluding hydrogens is 477 g/mol. The minimum Gasteiger partial charge on any atom is -1.00 e. The molecule has 0 aliphatic carbocycles. The maximum atomic E-state index is 9.67. The Balaban J connectivity index is 0.000000711. The standard InChI is InChI=1S/C30H26NO.BF3.FH/c1-21-8-12-23(13-9-21)26-18-27(32-30(19-26)24-14-10-22(2)11-15-24)17-16-25-20-31(3)29-7-5-4-6-28(25)29;2-1(3)4;/h4-20H,1-3H3;;1H/q+1;;/p-1. The van der Waals surface area contributed by atoms with Crippen LogP contribution in [0.5, 0.6) is 0 Å². The molecule has 3 aromatic carbocycles. The second kappa shape index (κ2) is 12.2. The van der Waals surface area contributed by atoms with Crippen molar-refractivity contribution >= 4 is 36.4 Å². The fourth-order valence-corrected chi connectivity index (χ4v) is 4.05. The summed E-state index contributed by atoms with van der Waals surface area (Å²) >= 11 is 0. The van der Waals surface area contributed by atoms with Gasteiger partial charge in [0.1, 0.15) is 18.6 Å². The van der Waals surface area contributed by atoms with Gasteiger partial charge in [0.25, 0.3) is 0 Å². The third-order valence-electron chi connectivity index (χ3n) is 5.89. The van der Waals surface area contributed by atoms with Crippen molar-refractivity contribution in [2.24, 2.45) is 0 Å². The van der Waals surface area contributed by atoms with Crippen LogP contribution in [0.15, 0.2) is 103 Å². The predicted octanol–water partition coefficient (Wildman–Crippen LogP) is 4.97. The lowest BCUT2D eigenvalue weighted by Crippen LogP contribution is -3.00. The lowest BCUT2D eigenvalue weighted by molar-refractivity contribution is -0.395. The van der Waals surface area contributed by atoms with E-state index < -0.39 is 7.54 Å². The highest BCUT2D eigenvalue weighted by Crippen LogP contribution is 2.33. The average molecular weight is 503 g/mol. The summed E-state index contributed by atoms with van der Waals surface area (Å²) in [4.78, 5) is 0. The molecule has 0 unspecified atom stereocenters. The molecule has 0 fully saturated rings. The molecule has 0 atom stereocenters. The lowest BCUT2D eigenvalue weighted by atomic mass is 9.99. The van der Waals surface area contributed by atoms with E-state index in [9.17, 15) is 12.9 Å². The summed E-state index contributed by atoms with van der Waals surface area (Å²) in [6.07, 6.45) is 10.6. The largest absolute Gasteiger partial charge is 1.00 e. The van der Waals surface area contributed by atoms with Crippen molar-refractivity contribution < 1.29 is 27.0 Å². The van der Waals surface area contributed by atoms with E-state index in [1.807, 2.05) is 0 Å². The van der Waals surface area contributed by atoms with Gasteiger partial charge in [0.05, 0.1) is 11.1 Å². The van der Waals surface area contributed by atoms with E-state index in [-0.39, 0.29) is 4.70 Å². The van der Waals surface area contributed by atoms with Gasteiger partial charge in [-0.2, -0.15) is 0 Å². The molecule has 2 aliphatic heterocycles. The van der Waals surface area contributed by atoms with Crippen LogP contribution in [0.1, 0.15) is 27.8 Å². The number of halogens is 4. The number of hydrogen-bond donors (Lipinski definition) is 0. The van der Waals surface area contributed by atoms with Gasteiger partial charge in [-0.15, -0.1) is 0 Å². The molecule has 37 heavy (non-hydrogen) atoms. The minimum atomic E-state index is -3.67. The molecule has 2 nitrogen and oxygen atoms in total. The number of fused-ring (bicyclic) bond motifs is 1. The fraction of sp³-hybridized carbons (Fsp3) is 0.100. The van der Waals surface area contributed by atoms with E-state index in [1.54, 1.807) is 0 Å². The van der Waals surface area contributed by atoms with Crippen LogP contribution < -0.4 is 4.70 Å². The SMILES string of the molecule is Cc1ccc(C2=CC(=CC=C3C=[N+](C)c4ccccc43)OC(c3ccc(C)cc3)=C2)cc1.FB(F)F.[F-]. The van der Waals surface area contributed by atoms with Gasteiger partial charge in [-0.1, -0.05) is 71.8 Å². The van der Waals surface area contributed by atoms with Crippen LogP contribution in [-0.2, 0) is 4.74 Å². The predicted molar refractivity (Wildman–Crippen MR) is 143 cm³/mol. The van der Waals surface area contributed by atoms with Crippen LogP contribution in [0.2, 0.25) is 0 Å². The fourth-order valence-electron chi connectivity index (χ4n) is 4.05. The van der Waals surface area contributed by atoms with Crippen molar-refractivity contribution in [1.82, 2.24) is 0 Å². The first-order chi connectivity index (χ1) is 17.3. The van der Waals surface area contributed by atoms with Crippen LogP contribution in [-0.4, -0.2) is 25.4 Å². The van der Waals surface area contributed by atoms with Crippen LogP contribution in [0.3, 0.4) is 0 Å². The van der Waals surface area contributed by atoms with Gasteiger partial charge in [-0.3, -0.25) is 12.9 Å². The zero-order valence-electron chi connectivity index (χ0n) is 20.8. The molecule has 2 heterocycles. The maximum Gasteiger partial charge on any atom is 0.762 e. The second-order valence-corrected chi connectivity index (χ2v) is 8.64. The van der Waals surface area contributed by atoms with Crippen molar-refractivity contribution in [1.29, 1.82) is 0 Å². The number of aryl methyl sites for hydroxylation is 2. The van der Waals surface area contributed by atoms with E-state index in [4.69, 9.17) is 4.74 Å². The van der Waals surface area contributed by atoms with Gasteiger partial charge < -0.3 is 9.44 Å². The molecule has 3 aromatic rings. The number of nitrogens with zero attached hydrogens (tertiary/aromatic N) is 1. The molecule has 188 valence electrons. The van der Waals surface area contributed by atoms with Crippen molar-refractivity contribution in [3.63, 3.8) is 0 Å². The maximum absolute atomic E-state index is 9.67. The Hall–Kier alpha value is -4.13. The van der Waals surface area contributed by atoms with Crippen molar-refractivity contribution in [2.75, 3.05) is 7.05 Å². The third kappa shape index (κ3) is 6.97. The van der Waals surface area contributed by atoms with Gasteiger partial charge in [-0.05, 0) is 55.4 Å². The summed E-state index contributed by atoms with van der Waals surface area (Å²) < 4.78 is 37.5. The number of para-hydroxylation sites is 1. The number of benzene rings is 3. The quantitative estimate of drug-likeness (QED) is 0.280. The van der Waals surface area contributed by atoms with E-state index in [0.29, 0.717) is 0 Å². The molecule has 0 N–H and O–H groups in total. The Labute approximate surface area is 215 Å². The number of hydrogen-bond acceptors (Lipinski definition) is 1. The monoisotopic (exact) mass is 503 g/mol. The molecule has 7 heteroatoms. The van der Waals surface area contributed by atoms with Gasteiger partial charge in [0.2, 0.25) is 5.69 Å². The van der Waals surface area contributed by atoms with Gasteiger partial charge in [-0.25, -0.2) is 4.58 Å². The van der Waals surface area contributed by atoms with Crippen molar-refractivity contribution in [3.05, 3.63) is 131 Å². The Morgan fingerprint density at radius 1 is 0.757 bits per heavy atom. The Morgan fingerprint density at radius 3 is 1.95 bits per heavy atom. The highest BCUT2D eigenvalue weighted by molar-refractivity contribution is 6.33. The van der Waals surface area contributed by atoms with Crippen LogP contribution in [0, 0.1) is 13.8 Å². The van der Waals surface area contributed by atoms with Crippen molar-refractivity contribution in [3.8, 4) is 0 Å². The summed E-state index contributed by atoms with van der Waals surface area (Å²) in [5, 5.41) is 0. The molecule has 0 amide bonds. The highest BCUT2D eigenvalue weighted by atomic mass is 19.4. The molecular formula is C30H26BF4NO. The molecule has 0 radical (unpaired) electrons. The molecule has 0 saturated carbocycles. The van der Waals surface area contributed by atoms with E-state index in [0.717, 1.165) is 22.7 Å². The minimum absolute atomic E-state index is 0. The van der Waals surface area contributed by atoms with Crippen LogP contribution >= 0.6 is 0 Å². The lowest BCUT2D eigenvalue weighted by Gasteiger charge is -2.18. The molecule has 2 aliphatic rings. The Kier molecular flexibility index (Phi) is 9.07. The zero-order valence-corrected chi connectivity index (χ0v) is 20.8. The van der Waals surface area contributed by atoms with Gasteiger partial charge in [0.15, 0.2) is 6.21 Å². The van der Waals surface area contributed by atoms with Gasteiger partial charge >= 0.3 is 7.54 Å². The Bertz CT molecular complexity index is 1400. The molecule has 0 saturated heterocycles. The third-order valence-corrected chi connectivity index (χ3v) is 5.89. The summed E-state index contributed by atoms with van der Waals surface area (Å²) in [6.45, 7) is 4.21. The van der Waals surface area contributed by atoms with Crippen LogP contribution in [0.4, 0.5) is 18.6 Å². The first kappa shape index (κ1) is 27.5. The molecule has 5 rings (SSSR count). The van der Waals surface area contributed by atoms with Gasteiger partial charge in [0, 0.05) is 11.6 Å². The topological polar surface area (TPSA) is 12.2 Å². The number of allylic oxidation sites excluding steroid dienone is 6. The number of rotatable bonds is 3. The normalized spacial score (nSPS) is 15.9. The van der Waals surface area contributed by atoms with E-state index in [2.05, 4.69) is 129 Å². The molecule has 0 spiro atoms. The summed E-state index contributed by atoms with van der Waals surface area (Å²) in [5.74, 6) is 1.69. The summed E-state index contributed by atoms with van der Waals surface area (Å²) in [5.41, 5.74) is 9.52. The molecule has 0 aromatic heterocycles. The first-order valence-electron chi connectivity index (χ1n) is 11.6. The van der Waals surface area contributed by atoms with Crippen molar-refractivity contribution in [2.45, 2.75) is 13.8 Å². The second-order valence-electron chi connectivity index (χ2n) is 8.64. The highest BCUT2D eigenvalue weighted by Gasteiger charge is 2.22. The average Bonchev–Trinajstić information content (AvgIpc) is 3.19. The smallest absolute Gasteiger partial charge is 0.762 e. The number of ether oxygens (including phenoxy) is 1. The summed E-state index contributed by atoms with van der Waals surface area (Å²) in [7, 11) is -1.59. The first-order valence-corrected chi connectivity index (χ1v) is 11.6. The molecule has 0 bridgehead atoms. The van der Waals surface area contributed by atoms with E-state index >= 15 is 0 Å². The zero-order chi connectivity index (χ0) is 25.7. The Morgan fingerprint density at radius 2 is 1.32 bits per heavy atom. The van der Waals surface area contributed by atoms with Crippen LogP contribution in [0.25, 0.3) is 16.9 Å².